The van der Waals surface area contributed by atoms with Gasteiger partial charge in [-0.25, -0.2) is 0 Å². The number of aliphatic hydroxyl groups excluding tert-OH is 1. The lowest BCUT2D eigenvalue weighted by molar-refractivity contribution is 0.0119. The Hall–Kier alpha value is -2.68. The van der Waals surface area contributed by atoms with E-state index in [1.54, 1.807) is 0 Å². The van der Waals surface area contributed by atoms with Crippen LogP contribution in [0.15, 0.2) is 103 Å². The number of benzene rings is 3. The second-order valence-corrected chi connectivity index (χ2v) is 7.11. The molecule has 0 aromatic heterocycles. The molecule has 0 saturated heterocycles. The van der Waals surface area contributed by atoms with Gasteiger partial charge in [-0.15, -0.1) is 0 Å². The topological polar surface area (TPSA) is 29.5 Å². The molecule has 29 heavy (non-hydrogen) atoms. The predicted octanol–water partition coefficient (Wildman–Crippen LogP) is 6.10. The first-order valence-electron chi connectivity index (χ1n) is 10.4. The Balaban J connectivity index is 1.88. The number of rotatable bonds is 11. The van der Waals surface area contributed by atoms with Crippen molar-refractivity contribution >= 4 is 0 Å². The number of aliphatic hydroxyl groups is 1. The van der Waals surface area contributed by atoms with Crippen molar-refractivity contribution < 1.29 is 9.84 Å². The summed E-state index contributed by atoms with van der Waals surface area (Å²) >= 11 is 0. The van der Waals surface area contributed by atoms with E-state index in [4.69, 9.17) is 9.84 Å². The van der Waals surface area contributed by atoms with Crippen LogP contribution in [0.3, 0.4) is 0 Å². The summed E-state index contributed by atoms with van der Waals surface area (Å²) in [7, 11) is 0. The second kappa shape index (κ2) is 11.4. The van der Waals surface area contributed by atoms with Gasteiger partial charge in [-0.2, -0.15) is 0 Å². The lowest BCUT2D eigenvalue weighted by atomic mass is 9.80. The molecule has 3 aromatic rings. The minimum atomic E-state index is -0.635. The zero-order valence-corrected chi connectivity index (χ0v) is 16.9. The van der Waals surface area contributed by atoms with E-state index in [1.807, 2.05) is 18.2 Å². The second-order valence-electron chi connectivity index (χ2n) is 7.11. The molecule has 0 fully saturated rings. The van der Waals surface area contributed by atoms with Crippen molar-refractivity contribution in [2.75, 3.05) is 13.2 Å². The Morgan fingerprint density at radius 2 is 1.03 bits per heavy atom. The highest BCUT2D eigenvalue weighted by Crippen LogP contribution is 2.40. The summed E-state index contributed by atoms with van der Waals surface area (Å²) in [6.07, 6.45) is 8.01. The zero-order valence-electron chi connectivity index (χ0n) is 16.9. The normalized spacial score (nSPS) is 11.8. The van der Waals surface area contributed by atoms with E-state index in [1.165, 1.54) is 0 Å². The number of unbranched alkanes of at least 4 members (excludes halogenated alkanes) is 2. The van der Waals surface area contributed by atoms with Gasteiger partial charge < -0.3 is 9.84 Å². The van der Waals surface area contributed by atoms with Crippen molar-refractivity contribution in [3.05, 3.63) is 120 Å². The van der Waals surface area contributed by atoms with Crippen molar-refractivity contribution in [2.24, 2.45) is 0 Å². The van der Waals surface area contributed by atoms with Crippen LogP contribution >= 0.6 is 0 Å². The van der Waals surface area contributed by atoms with Crippen molar-refractivity contribution in [2.45, 2.75) is 31.3 Å². The molecule has 0 radical (unpaired) electrons. The molecule has 0 atom stereocenters. The summed E-state index contributed by atoms with van der Waals surface area (Å²) in [5, 5.41) is 8.87. The fraction of sp³-hybridized carbons (Fsp3) is 0.259. The first-order chi connectivity index (χ1) is 14.4. The van der Waals surface area contributed by atoms with E-state index < -0.39 is 5.60 Å². The molecule has 0 spiro atoms. The quantitative estimate of drug-likeness (QED) is 0.245. The van der Waals surface area contributed by atoms with Crippen molar-refractivity contribution in [1.82, 2.24) is 0 Å². The van der Waals surface area contributed by atoms with Gasteiger partial charge in [0.25, 0.3) is 0 Å². The summed E-state index contributed by atoms with van der Waals surface area (Å²) < 4.78 is 6.74. The van der Waals surface area contributed by atoms with Crippen LogP contribution in [-0.2, 0) is 10.3 Å². The lowest BCUT2D eigenvalue weighted by Gasteiger charge is -2.36. The molecule has 3 rings (SSSR count). The zero-order chi connectivity index (χ0) is 20.2. The third-order valence-corrected chi connectivity index (χ3v) is 5.07. The van der Waals surface area contributed by atoms with Crippen LogP contribution in [0, 0.1) is 0 Å². The van der Waals surface area contributed by atoms with Gasteiger partial charge in [0.2, 0.25) is 0 Å². The van der Waals surface area contributed by atoms with Crippen molar-refractivity contribution in [3.63, 3.8) is 0 Å². The van der Waals surface area contributed by atoms with Gasteiger partial charge in [0.05, 0.1) is 0 Å². The van der Waals surface area contributed by atoms with E-state index in [2.05, 4.69) is 84.9 Å². The van der Waals surface area contributed by atoms with Gasteiger partial charge in [0.1, 0.15) is 5.60 Å². The monoisotopic (exact) mass is 386 g/mol. The third-order valence-electron chi connectivity index (χ3n) is 5.07. The van der Waals surface area contributed by atoms with Crippen LogP contribution in [-0.4, -0.2) is 18.3 Å². The van der Waals surface area contributed by atoms with Gasteiger partial charge in [-0.3, -0.25) is 0 Å². The van der Waals surface area contributed by atoms with Crippen LogP contribution in [0.25, 0.3) is 0 Å². The summed E-state index contributed by atoms with van der Waals surface area (Å²) in [5.41, 5.74) is 2.77. The minimum Gasteiger partial charge on any atom is -0.396 e. The minimum absolute atomic E-state index is 0.251. The fourth-order valence-corrected chi connectivity index (χ4v) is 3.64. The molecule has 1 N–H and O–H groups in total. The molecular formula is C27H30O2. The van der Waals surface area contributed by atoms with Gasteiger partial charge in [0, 0.05) is 13.2 Å². The largest absolute Gasteiger partial charge is 0.396 e. The van der Waals surface area contributed by atoms with Gasteiger partial charge in [-0.05, 0) is 42.4 Å². The van der Waals surface area contributed by atoms with Crippen molar-refractivity contribution in [1.29, 1.82) is 0 Å². The van der Waals surface area contributed by atoms with Crippen LogP contribution in [0.5, 0.6) is 0 Å². The summed E-state index contributed by atoms with van der Waals surface area (Å²) in [4.78, 5) is 0. The first kappa shape index (κ1) is 21.0. The molecule has 0 aliphatic carbocycles. The predicted molar refractivity (Wildman–Crippen MR) is 120 cm³/mol. The smallest absolute Gasteiger partial charge is 0.143 e. The number of hydrogen-bond acceptors (Lipinski definition) is 2. The molecular weight excluding hydrogens is 356 g/mol. The molecule has 0 aliphatic rings. The molecule has 0 heterocycles. The van der Waals surface area contributed by atoms with E-state index in [-0.39, 0.29) is 6.61 Å². The van der Waals surface area contributed by atoms with Crippen molar-refractivity contribution in [3.8, 4) is 0 Å². The average molecular weight is 387 g/mol. The molecule has 2 nitrogen and oxygen atoms in total. The summed E-state index contributed by atoms with van der Waals surface area (Å²) in [5.74, 6) is 0. The van der Waals surface area contributed by atoms with Crippen LogP contribution in [0.1, 0.15) is 42.4 Å². The molecule has 150 valence electrons. The molecule has 0 bridgehead atoms. The Morgan fingerprint density at radius 3 is 1.45 bits per heavy atom. The number of allylic oxidation sites excluding steroid dienone is 2. The molecule has 3 aromatic carbocycles. The van der Waals surface area contributed by atoms with E-state index >= 15 is 0 Å². The van der Waals surface area contributed by atoms with Crippen LogP contribution < -0.4 is 0 Å². The standard InChI is InChI=1S/C27H30O2/c28-22-14-3-1-2-4-15-23-29-27(24-16-8-5-9-17-24,25-18-10-6-11-19-25)26-20-12-7-13-21-26/h1-2,5-13,16-21,28H,3-4,14-15,22-23H2/b2-1-. The SMILES string of the molecule is OCCC/C=C\CCCOC(c1ccccc1)(c1ccccc1)c1ccccc1. The van der Waals surface area contributed by atoms with Gasteiger partial charge >= 0.3 is 0 Å². The highest BCUT2D eigenvalue weighted by molar-refractivity contribution is 5.47. The fourth-order valence-electron chi connectivity index (χ4n) is 3.64. The van der Waals surface area contributed by atoms with Crippen LogP contribution in [0.4, 0.5) is 0 Å². The first-order valence-corrected chi connectivity index (χ1v) is 10.4. The number of ether oxygens (including phenoxy) is 1. The third kappa shape index (κ3) is 5.44. The number of hydrogen-bond donors (Lipinski definition) is 1. The van der Waals surface area contributed by atoms with E-state index in [0.29, 0.717) is 6.61 Å². The van der Waals surface area contributed by atoms with Gasteiger partial charge in [-0.1, -0.05) is 103 Å². The maximum Gasteiger partial charge on any atom is 0.143 e. The maximum absolute atomic E-state index is 8.87. The maximum atomic E-state index is 8.87. The molecule has 0 aliphatic heterocycles. The van der Waals surface area contributed by atoms with Gasteiger partial charge in [0.15, 0.2) is 0 Å². The highest BCUT2D eigenvalue weighted by atomic mass is 16.5. The lowest BCUT2D eigenvalue weighted by Crippen LogP contribution is -2.33. The molecule has 0 amide bonds. The average Bonchev–Trinajstić information content (AvgIpc) is 2.80. The summed E-state index contributed by atoms with van der Waals surface area (Å²) in [6.45, 7) is 0.907. The molecule has 2 heteroatoms. The molecule has 0 unspecified atom stereocenters. The highest BCUT2D eigenvalue weighted by Gasteiger charge is 2.37. The van der Waals surface area contributed by atoms with E-state index in [0.717, 1.165) is 42.4 Å². The molecule has 0 saturated carbocycles. The Kier molecular flexibility index (Phi) is 8.24. The van der Waals surface area contributed by atoms with Crippen LogP contribution in [0.2, 0.25) is 0 Å². The Bertz CT molecular complexity index is 745. The Morgan fingerprint density at radius 1 is 0.621 bits per heavy atom. The summed E-state index contributed by atoms with van der Waals surface area (Å²) in [6, 6.07) is 31.5. The van der Waals surface area contributed by atoms with E-state index in [9.17, 15) is 0 Å². The Labute approximate surface area is 174 Å².